The lowest BCUT2D eigenvalue weighted by Gasteiger charge is -2.26. The molecule has 0 aliphatic rings. The number of halogens is 4. The van der Waals surface area contributed by atoms with Crippen molar-refractivity contribution in [3.63, 3.8) is 0 Å². The molecule has 0 amide bonds. The van der Waals surface area contributed by atoms with Crippen molar-refractivity contribution in [2.75, 3.05) is 27.7 Å². The predicted octanol–water partition coefficient (Wildman–Crippen LogP) is 3.21. The topological polar surface area (TPSA) is 39.7 Å². The van der Waals surface area contributed by atoms with Crippen LogP contribution in [-0.4, -0.2) is 38.5 Å². The third-order valence-electron chi connectivity index (χ3n) is 4.10. The van der Waals surface area contributed by atoms with Crippen molar-refractivity contribution in [2.24, 2.45) is 4.99 Å². The second-order valence-electron chi connectivity index (χ2n) is 6.16. The van der Waals surface area contributed by atoms with E-state index in [4.69, 9.17) is 0 Å². The van der Waals surface area contributed by atoms with Crippen LogP contribution in [0.5, 0.6) is 0 Å². The fraction of sp³-hybridized carbons (Fsp3) is 0.316. The minimum atomic E-state index is -0.639. The number of aliphatic imine (C=N–C) groups is 1. The molecule has 0 aromatic heterocycles. The van der Waals surface area contributed by atoms with Gasteiger partial charge in [0.1, 0.15) is 23.3 Å². The van der Waals surface area contributed by atoms with Crippen LogP contribution in [0.1, 0.15) is 17.2 Å². The summed E-state index contributed by atoms with van der Waals surface area (Å²) in [6.07, 6.45) is 0. The molecule has 1 atom stereocenters. The van der Waals surface area contributed by atoms with Crippen LogP contribution in [0.4, 0.5) is 17.6 Å². The molecule has 0 aliphatic heterocycles. The first kappa shape index (κ1) is 20.7. The molecule has 0 fully saturated rings. The lowest BCUT2D eigenvalue weighted by molar-refractivity contribution is 0.282. The van der Waals surface area contributed by atoms with Gasteiger partial charge in [-0.15, -0.1) is 0 Å². The van der Waals surface area contributed by atoms with Gasteiger partial charge < -0.3 is 15.5 Å². The highest BCUT2D eigenvalue weighted by Gasteiger charge is 2.22. The van der Waals surface area contributed by atoms with Gasteiger partial charge in [-0.3, -0.25) is 4.99 Å². The molecule has 2 rings (SSSR count). The maximum absolute atomic E-state index is 14.1. The minimum Gasteiger partial charge on any atom is -0.354 e. The van der Waals surface area contributed by atoms with Crippen LogP contribution >= 0.6 is 0 Å². The fourth-order valence-corrected chi connectivity index (χ4v) is 2.64. The van der Waals surface area contributed by atoms with Crippen LogP contribution in [0, 0.1) is 23.3 Å². The number of rotatable bonds is 6. The van der Waals surface area contributed by atoms with Gasteiger partial charge in [-0.1, -0.05) is 6.07 Å². The molecule has 2 aromatic rings. The quantitative estimate of drug-likeness (QED) is 0.458. The molecule has 27 heavy (non-hydrogen) atoms. The molecule has 1 unspecified atom stereocenters. The molecule has 0 spiro atoms. The van der Waals surface area contributed by atoms with Gasteiger partial charge in [-0.25, -0.2) is 17.6 Å². The Bertz CT molecular complexity index is 788. The van der Waals surface area contributed by atoms with Crippen molar-refractivity contribution < 1.29 is 17.6 Å². The van der Waals surface area contributed by atoms with Crippen molar-refractivity contribution in [2.45, 2.75) is 12.6 Å². The molecule has 0 aliphatic carbocycles. The van der Waals surface area contributed by atoms with Gasteiger partial charge in [0.15, 0.2) is 5.96 Å². The highest BCUT2D eigenvalue weighted by molar-refractivity contribution is 5.79. The number of hydrogen-bond acceptors (Lipinski definition) is 2. The van der Waals surface area contributed by atoms with Gasteiger partial charge in [0.2, 0.25) is 0 Å². The standard InChI is InChI=1S/C19H22F4N4/c1-24-19(25-10-12-9-13(20)7-8-14(12)21)26-11-17(27(2)3)18-15(22)5-4-6-16(18)23/h4-9,17H,10-11H2,1-3H3,(H2,24,25,26). The Balaban J connectivity index is 2.06. The monoisotopic (exact) mass is 382 g/mol. The van der Waals surface area contributed by atoms with Crippen LogP contribution in [0.2, 0.25) is 0 Å². The predicted molar refractivity (Wildman–Crippen MR) is 97.3 cm³/mol. The van der Waals surface area contributed by atoms with E-state index < -0.39 is 29.3 Å². The molecule has 4 nitrogen and oxygen atoms in total. The maximum Gasteiger partial charge on any atom is 0.191 e. The summed E-state index contributed by atoms with van der Waals surface area (Å²) in [4.78, 5) is 5.67. The van der Waals surface area contributed by atoms with Gasteiger partial charge >= 0.3 is 0 Å². The highest BCUT2D eigenvalue weighted by atomic mass is 19.1. The molecular weight excluding hydrogens is 360 g/mol. The molecule has 2 N–H and O–H groups in total. The van der Waals surface area contributed by atoms with E-state index >= 15 is 0 Å². The normalized spacial score (nSPS) is 13.0. The summed E-state index contributed by atoms with van der Waals surface area (Å²) in [6.45, 7) is 0.153. The van der Waals surface area contributed by atoms with Gasteiger partial charge in [-0.05, 0) is 44.4 Å². The van der Waals surface area contributed by atoms with Gasteiger partial charge in [0.05, 0.1) is 6.04 Å². The Labute approximate surface area is 155 Å². The Morgan fingerprint density at radius 1 is 1.00 bits per heavy atom. The molecular formula is C19H22F4N4. The van der Waals surface area contributed by atoms with E-state index in [9.17, 15) is 17.6 Å². The molecule has 0 heterocycles. The lowest BCUT2D eigenvalue weighted by Crippen LogP contribution is -2.42. The molecule has 146 valence electrons. The van der Waals surface area contributed by atoms with Crippen molar-refractivity contribution in [3.8, 4) is 0 Å². The summed E-state index contributed by atoms with van der Waals surface area (Å²) in [7, 11) is 4.92. The third-order valence-corrected chi connectivity index (χ3v) is 4.10. The number of likely N-dealkylation sites (N-methyl/N-ethyl adjacent to an activating group) is 1. The zero-order chi connectivity index (χ0) is 20.0. The molecule has 0 bridgehead atoms. The summed E-state index contributed by atoms with van der Waals surface area (Å²) in [5, 5.41) is 5.81. The molecule has 0 saturated carbocycles. The second-order valence-corrected chi connectivity index (χ2v) is 6.16. The van der Waals surface area contributed by atoms with E-state index in [1.807, 2.05) is 0 Å². The number of guanidine groups is 1. The molecule has 8 heteroatoms. The SMILES string of the molecule is CN=C(NCc1cc(F)ccc1F)NCC(c1c(F)cccc1F)N(C)C. The first-order chi connectivity index (χ1) is 12.8. The van der Waals surface area contributed by atoms with Gasteiger partial charge in [0.25, 0.3) is 0 Å². The maximum atomic E-state index is 14.1. The Morgan fingerprint density at radius 2 is 1.67 bits per heavy atom. The van der Waals surface area contributed by atoms with Gasteiger partial charge in [0, 0.05) is 31.3 Å². The van der Waals surface area contributed by atoms with Crippen molar-refractivity contribution in [3.05, 3.63) is 70.8 Å². The Morgan fingerprint density at radius 3 is 2.26 bits per heavy atom. The fourth-order valence-electron chi connectivity index (χ4n) is 2.64. The van der Waals surface area contributed by atoms with Crippen LogP contribution in [0.25, 0.3) is 0 Å². The van der Waals surface area contributed by atoms with Crippen molar-refractivity contribution in [1.29, 1.82) is 0 Å². The second kappa shape index (κ2) is 9.36. The first-order valence-corrected chi connectivity index (χ1v) is 8.32. The number of nitrogens with one attached hydrogen (secondary N) is 2. The van der Waals surface area contributed by atoms with Crippen LogP contribution < -0.4 is 10.6 Å². The van der Waals surface area contributed by atoms with Crippen LogP contribution in [-0.2, 0) is 6.54 Å². The van der Waals surface area contributed by atoms with E-state index in [2.05, 4.69) is 15.6 Å². The number of nitrogens with zero attached hydrogens (tertiary/aromatic N) is 2. The van der Waals surface area contributed by atoms with E-state index in [0.29, 0.717) is 5.96 Å². The first-order valence-electron chi connectivity index (χ1n) is 8.32. The molecule has 0 radical (unpaired) electrons. The van der Waals surface area contributed by atoms with E-state index in [1.165, 1.54) is 25.2 Å². The summed E-state index contributed by atoms with van der Waals surface area (Å²) in [5.41, 5.74) is 0.0869. The summed E-state index contributed by atoms with van der Waals surface area (Å²) >= 11 is 0. The number of benzene rings is 2. The smallest absolute Gasteiger partial charge is 0.191 e. The molecule has 2 aromatic carbocycles. The highest BCUT2D eigenvalue weighted by Crippen LogP contribution is 2.23. The number of hydrogen-bond donors (Lipinski definition) is 2. The zero-order valence-corrected chi connectivity index (χ0v) is 15.4. The summed E-state index contributed by atoms with van der Waals surface area (Å²) in [5.74, 6) is -2.07. The van der Waals surface area contributed by atoms with Crippen LogP contribution in [0.3, 0.4) is 0 Å². The van der Waals surface area contributed by atoms with Crippen molar-refractivity contribution >= 4 is 5.96 Å². The molecule has 0 saturated heterocycles. The summed E-state index contributed by atoms with van der Waals surface area (Å²) in [6, 6.07) is 6.29. The average Bonchev–Trinajstić information content (AvgIpc) is 2.62. The Hall–Kier alpha value is -2.61. The van der Waals surface area contributed by atoms with Gasteiger partial charge in [-0.2, -0.15) is 0 Å². The minimum absolute atomic E-state index is 0.00393. The summed E-state index contributed by atoms with van der Waals surface area (Å²) < 4.78 is 55.1. The van der Waals surface area contributed by atoms with Crippen LogP contribution in [0.15, 0.2) is 41.4 Å². The van der Waals surface area contributed by atoms with E-state index in [1.54, 1.807) is 19.0 Å². The van der Waals surface area contributed by atoms with Crippen molar-refractivity contribution in [1.82, 2.24) is 15.5 Å². The zero-order valence-electron chi connectivity index (χ0n) is 15.4. The Kier molecular flexibility index (Phi) is 7.18. The largest absolute Gasteiger partial charge is 0.354 e. The average molecular weight is 382 g/mol. The van der Waals surface area contributed by atoms with E-state index in [0.717, 1.165) is 18.2 Å². The lowest BCUT2D eigenvalue weighted by atomic mass is 10.0. The third kappa shape index (κ3) is 5.43. The van der Waals surface area contributed by atoms with E-state index in [-0.39, 0.29) is 24.2 Å².